The first kappa shape index (κ1) is 29.2. The number of aliphatic hydroxyl groups excluding tert-OH is 1. The molecule has 3 unspecified atom stereocenters. The molecule has 3 fully saturated rings. The summed E-state index contributed by atoms with van der Waals surface area (Å²) in [6.45, 7) is 8.40. The van der Waals surface area contributed by atoms with Crippen LogP contribution < -0.4 is 4.90 Å². The van der Waals surface area contributed by atoms with Gasteiger partial charge in [-0.1, -0.05) is 51.8 Å². The molecule has 4 rings (SSSR count). The van der Waals surface area contributed by atoms with E-state index < -0.39 is 28.6 Å². The molecule has 0 radical (unpaired) electrons. The van der Waals surface area contributed by atoms with Gasteiger partial charge in [-0.2, -0.15) is 0 Å². The highest BCUT2D eigenvalue weighted by Gasteiger charge is 2.76. The van der Waals surface area contributed by atoms with E-state index in [4.69, 9.17) is 16.3 Å². The summed E-state index contributed by atoms with van der Waals surface area (Å²) in [5.41, 5.74) is 0.555. The van der Waals surface area contributed by atoms with E-state index >= 15 is 0 Å². The number of para-hydroxylation sites is 1. The summed E-state index contributed by atoms with van der Waals surface area (Å²) in [6.07, 6.45) is 6.44. The third-order valence-corrected chi connectivity index (χ3v) is 11.2. The van der Waals surface area contributed by atoms with Crippen molar-refractivity contribution in [3.05, 3.63) is 54.6 Å². The molecule has 6 atom stereocenters. The lowest BCUT2D eigenvalue weighted by Crippen LogP contribution is -2.55. The molecule has 1 spiro atoms. The van der Waals surface area contributed by atoms with Crippen molar-refractivity contribution in [3.63, 3.8) is 0 Å². The molecule has 0 aromatic heterocycles. The molecular weight excluding hydrogens is 592 g/mol. The maximum atomic E-state index is 14.5. The molecule has 3 saturated heterocycles. The lowest BCUT2D eigenvalue weighted by Gasteiger charge is -2.38. The number of likely N-dealkylation sites (tertiary alicyclic amines) is 1. The Morgan fingerprint density at radius 2 is 2.03 bits per heavy atom. The van der Waals surface area contributed by atoms with E-state index in [1.165, 1.54) is 0 Å². The monoisotopic (exact) mass is 624 g/mol. The molecule has 7 nitrogen and oxygen atoms in total. The van der Waals surface area contributed by atoms with E-state index in [9.17, 15) is 19.5 Å². The molecular formula is C28H34BrClN2O5S. The number of benzene rings is 1. The Morgan fingerprint density at radius 1 is 1.26 bits per heavy atom. The van der Waals surface area contributed by atoms with E-state index in [1.54, 1.807) is 51.9 Å². The maximum Gasteiger partial charge on any atom is 0.310 e. The third-order valence-electron chi connectivity index (χ3n) is 7.64. The van der Waals surface area contributed by atoms with Gasteiger partial charge in [-0.05, 0) is 44.2 Å². The van der Waals surface area contributed by atoms with Crippen LogP contribution in [-0.4, -0.2) is 75.0 Å². The summed E-state index contributed by atoms with van der Waals surface area (Å²) in [6, 6.07) is 6.36. The maximum absolute atomic E-state index is 14.5. The van der Waals surface area contributed by atoms with Gasteiger partial charge in [0.05, 0.1) is 33.9 Å². The fourth-order valence-electron chi connectivity index (χ4n) is 6.08. The number of ether oxygens (including phenoxy) is 1. The molecule has 10 heteroatoms. The predicted molar refractivity (Wildman–Crippen MR) is 155 cm³/mol. The van der Waals surface area contributed by atoms with E-state index in [-0.39, 0.29) is 41.6 Å². The standard InChI is InChI=1S/C28H34BrClN2O5S/c1-3-5-16-37-27(36)21-22-25(34)32(14-9-6-10-15-33)24(28(22)17-18(29)23(21)38-28)26(35)31(13-4-2)20-12-8-7-11-19(20)30/h3-4,7-8,11-12,18,21-24,33H,1-2,5-6,9-10,13-17H2/t18?,21-,22+,23-,24?,28?/m1/s1. The second-order valence-electron chi connectivity index (χ2n) is 9.91. The molecule has 0 aliphatic carbocycles. The van der Waals surface area contributed by atoms with E-state index in [0.717, 1.165) is 6.42 Å². The summed E-state index contributed by atoms with van der Waals surface area (Å²) >= 11 is 11.9. The first-order chi connectivity index (χ1) is 18.3. The number of hydrogen-bond donors (Lipinski definition) is 1. The summed E-state index contributed by atoms with van der Waals surface area (Å²) in [5, 5.41) is 9.50. The average molecular weight is 626 g/mol. The lowest BCUT2D eigenvalue weighted by atomic mass is 9.71. The van der Waals surface area contributed by atoms with Crippen molar-refractivity contribution in [2.24, 2.45) is 11.8 Å². The number of aliphatic hydroxyl groups is 1. The van der Waals surface area contributed by atoms with Gasteiger partial charge in [0.15, 0.2) is 0 Å². The van der Waals surface area contributed by atoms with Crippen molar-refractivity contribution in [3.8, 4) is 0 Å². The lowest BCUT2D eigenvalue weighted by molar-refractivity contribution is -0.154. The molecule has 3 heterocycles. The number of amides is 2. The van der Waals surface area contributed by atoms with Crippen molar-refractivity contribution in [1.29, 1.82) is 0 Å². The number of unbranched alkanes of at least 4 members (excludes halogenated alkanes) is 2. The van der Waals surface area contributed by atoms with Crippen LogP contribution in [0.25, 0.3) is 0 Å². The highest BCUT2D eigenvalue weighted by molar-refractivity contribution is 9.09. The van der Waals surface area contributed by atoms with Crippen molar-refractivity contribution >= 4 is 62.8 Å². The third kappa shape index (κ3) is 5.19. The highest BCUT2D eigenvalue weighted by atomic mass is 79.9. The van der Waals surface area contributed by atoms with Crippen molar-refractivity contribution < 1.29 is 24.2 Å². The zero-order valence-corrected chi connectivity index (χ0v) is 24.4. The summed E-state index contributed by atoms with van der Waals surface area (Å²) in [4.78, 5) is 45.1. The smallest absolute Gasteiger partial charge is 0.310 e. The Kier molecular flexibility index (Phi) is 9.66. The number of carbonyl (C=O) groups excluding carboxylic acids is 3. The van der Waals surface area contributed by atoms with Crippen LogP contribution in [-0.2, 0) is 19.1 Å². The molecule has 1 aromatic carbocycles. The number of esters is 1. The Bertz CT molecular complexity index is 1090. The van der Waals surface area contributed by atoms with Crippen LogP contribution in [0.5, 0.6) is 0 Å². The molecule has 2 amide bonds. The zero-order valence-electron chi connectivity index (χ0n) is 21.3. The van der Waals surface area contributed by atoms with Crippen LogP contribution in [0.4, 0.5) is 5.69 Å². The van der Waals surface area contributed by atoms with E-state index in [1.807, 2.05) is 6.07 Å². The van der Waals surface area contributed by atoms with Gasteiger partial charge in [0.1, 0.15) is 6.04 Å². The van der Waals surface area contributed by atoms with Crippen LogP contribution in [0, 0.1) is 11.8 Å². The molecule has 38 heavy (non-hydrogen) atoms. The highest BCUT2D eigenvalue weighted by Crippen LogP contribution is 2.68. The van der Waals surface area contributed by atoms with Crippen molar-refractivity contribution in [2.45, 2.75) is 53.0 Å². The zero-order chi connectivity index (χ0) is 27.4. The van der Waals surface area contributed by atoms with Crippen LogP contribution in [0.15, 0.2) is 49.6 Å². The Labute approximate surface area is 241 Å². The largest absolute Gasteiger partial charge is 0.465 e. The normalized spacial score (nSPS) is 29.3. The number of hydrogen-bond acceptors (Lipinski definition) is 6. The van der Waals surface area contributed by atoms with Gasteiger partial charge in [0.25, 0.3) is 5.91 Å². The van der Waals surface area contributed by atoms with Crippen molar-refractivity contribution in [1.82, 2.24) is 4.90 Å². The van der Waals surface area contributed by atoms with Gasteiger partial charge in [-0.25, -0.2) is 0 Å². The Hall–Kier alpha value is -1.81. The SMILES string of the molecule is C=CCCOC(=O)[C@H]1[C@@H]2SC3(CC2Br)C(C(=O)N(CC=C)c2ccccc2Cl)N(CCCCCO)C(=O)[C@H]13. The minimum atomic E-state index is -0.772. The average Bonchev–Trinajstić information content (AvgIpc) is 3.49. The molecule has 0 saturated carbocycles. The molecule has 1 N–H and O–H groups in total. The summed E-state index contributed by atoms with van der Waals surface area (Å²) in [5.74, 6) is -2.08. The number of alkyl halides is 1. The summed E-state index contributed by atoms with van der Waals surface area (Å²) < 4.78 is 4.80. The van der Waals surface area contributed by atoms with E-state index in [2.05, 4.69) is 29.1 Å². The summed E-state index contributed by atoms with van der Waals surface area (Å²) in [7, 11) is 0. The van der Waals surface area contributed by atoms with Gasteiger partial charge >= 0.3 is 5.97 Å². The molecule has 3 aliphatic rings. The van der Waals surface area contributed by atoms with Crippen LogP contribution in [0.2, 0.25) is 5.02 Å². The molecule has 3 aliphatic heterocycles. The molecule has 206 valence electrons. The predicted octanol–water partition coefficient (Wildman–Crippen LogP) is 4.61. The molecule has 1 aromatic rings. The number of fused-ring (bicyclic) bond motifs is 1. The Balaban J connectivity index is 1.74. The van der Waals surface area contributed by atoms with E-state index in [0.29, 0.717) is 42.9 Å². The quantitative estimate of drug-likeness (QED) is 0.149. The number of nitrogens with zero attached hydrogens (tertiary/aromatic N) is 2. The first-order valence-electron chi connectivity index (χ1n) is 13.0. The molecule has 2 bridgehead atoms. The number of carbonyl (C=O) groups is 3. The van der Waals surface area contributed by atoms with Crippen LogP contribution >= 0.6 is 39.3 Å². The van der Waals surface area contributed by atoms with Gasteiger partial charge in [0.2, 0.25) is 5.91 Å². The number of halogens is 2. The van der Waals surface area contributed by atoms with Gasteiger partial charge in [0, 0.05) is 29.8 Å². The van der Waals surface area contributed by atoms with Crippen molar-refractivity contribution in [2.75, 3.05) is 31.2 Å². The van der Waals surface area contributed by atoms with Gasteiger partial charge in [-0.15, -0.1) is 24.9 Å². The first-order valence-corrected chi connectivity index (χ1v) is 15.2. The number of rotatable bonds is 13. The van der Waals surface area contributed by atoms with Crippen LogP contribution in [0.3, 0.4) is 0 Å². The van der Waals surface area contributed by atoms with Gasteiger partial charge in [-0.3, -0.25) is 14.4 Å². The topological polar surface area (TPSA) is 87.2 Å². The second kappa shape index (κ2) is 12.6. The fourth-order valence-corrected chi connectivity index (χ4v) is 9.92. The fraction of sp³-hybridized carbons (Fsp3) is 0.536. The second-order valence-corrected chi connectivity index (χ2v) is 13.0. The number of anilines is 1. The van der Waals surface area contributed by atoms with Crippen LogP contribution in [0.1, 0.15) is 32.1 Å². The van der Waals surface area contributed by atoms with Gasteiger partial charge < -0.3 is 19.6 Å². The Morgan fingerprint density at radius 3 is 2.71 bits per heavy atom. The number of thioether (sulfide) groups is 1. The minimum Gasteiger partial charge on any atom is -0.465 e. The minimum absolute atomic E-state index is 0.0358.